The summed E-state index contributed by atoms with van der Waals surface area (Å²) in [5.74, 6) is 1.44. The van der Waals surface area contributed by atoms with Crippen molar-refractivity contribution in [2.24, 2.45) is 0 Å². The standard InChI is InChI=1S/C10H10N2S.C8H8N2S/c11-6-10(3-4-10)9-12-8(5-13-9)7-1-2-7;9-4-3-8-10-7(5-11-8)6-1-2-6/h5,7H,1-4H2;5-6H,1-3H2. The van der Waals surface area contributed by atoms with Crippen LogP contribution in [-0.2, 0) is 11.8 Å². The molecule has 0 amide bonds. The first kappa shape index (κ1) is 15.7. The van der Waals surface area contributed by atoms with Crippen molar-refractivity contribution in [2.45, 2.75) is 62.2 Å². The maximum atomic E-state index is 8.99. The second kappa shape index (κ2) is 6.27. The van der Waals surface area contributed by atoms with Gasteiger partial charge in [0.15, 0.2) is 0 Å². The van der Waals surface area contributed by atoms with Crippen molar-refractivity contribution in [2.75, 3.05) is 0 Å². The summed E-state index contributed by atoms with van der Waals surface area (Å²) in [4.78, 5) is 8.93. The molecule has 3 fully saturated rings. The molecule has 0 atom stereocenters. The third kappa shape index (κ3) is 3.36. The monoisotopic (exact) mass is 354 g/mol. The molecule has 5 rings (SSSR count). The minimum absolute atomic E-state index is 0.169. The minimum atomic E-state index is -0.169. The Morgan fingerprint density at radius 3 is 2.17 bits per heavy atom. The highest BCUT2D eigenvalue weighted by atomic mass is 32.1. The van der Waals surface area contributed by atoms with Crippen LogP contribution in [-0.4, -0.2) is 9.97 Å². The van der Waals surface area contributed by atoms with E-state index in [4.69, 9.17) is 10.5 Å². The lowest BCUT2D eigenvalue weighted by atomic mass is 10.1. The summed E-state index contributed by atoms with van der Waals surface area (Å²) in [6.07, 6.45) is 7.66. The highest BCUT2D eigenvalue weighted by molar-refractivity contribution is 7.10. The van der Waals surface area contributed by atoms with Crippen LogP contribution in [0.2, 0.25) is 0 Å². The zero-order chi connectivity index (χ0) is 16.6. The van der Waals surface area contributed by atoms with E-state index in [0.717, 1.165) is 34.7 Å². The Morgan fingerprint density at radius 1 is 1.00 bits per heavy atom. The first-order valence-corrected chi connectivity index (χ1v) is 10.2. The third-order valence-corrected chi connectivity index (χ3v) is 6.62. The summed E-state index contributed by atoms with van der Waals surface area (Å²) in [5, 5.41) is 23.7. The lowest BCUT2D eigenvalue weighted by Crippen LogP contribution is -2.01. The zero-order valence-electron chi connectivity index (χ0n) is 13.4. The lowest BCUT2D eigenvalue weighted by molar-refractivity contribution is 0.869. The van der Waals surface area contributed by atoms with E-state index in [1.807, 2.05) is 0 Å². The molecule has 0 aromatic carbocycles. The molecular weight excluding hydrogens is 336 g/mol. The number of thiazole rings is 2. The fraction of sp³-hybridized carbons (Fsp3) is 0.556. The number of hydrogen-bond donors (Lipinski definition) is 0. The van der Waals surface area contributed by atoms with Crippen molar-refractivity contribution in [3.05, 3.63) is 32.2 Å². The molecule has 0 aliphatic heterocycles. The van der Waals surface area contributed by atoms with E-state index in [9.17, 15) is 0 Å². The number of hydrogen-bond acceptors (Lipinski definition) is 6. The summed E-state index contributed by atoms with van der Waals surface area (Å²) in [6.45, 7) is 0. The zero-order valence-corrected chi connectivity index (χ0v) is 15.0. The maximum Gasteiger partial charge on any atom is 0.113 e. The van der Waals surface area contributed by atoms with Crippen molar-refractivity contribution in [3.8, 4) is 12.1 Å². The molecule has 2 aromatic heterocycles. The van der Waals surface area contributed by atoms with Gasteiger partial charge < -0.3 is 0 Å². The number of rotatable bonds is 4. The number of nitrogens with zero attached hydrogens (tertiary/aromatic N) is 4. The van der Waals surface area contributed by atoms with Gasteiger partial charge >= 0.3 is 0 Å². The highest BCUT2D eigenvalue weighted by Gasteiger charge is 2.48. The predicted octanol–water partition coefficient (Wildman–Crippen LogP) is 4.66. The van der Waals surface area contributed by atoms with Gasteiger partial charge in [-0.15, -0.1) is 22.7 Å². The van der Waals surface area contributed by atoms with E-state index in [-0.39, 0.29) is 5.41 Å². The quantitative estimate of drug-likeness (QED) is 0.800. The van der Waals surface area contributed by atoms with E-state index in [0.29, 0.717) is 6.42 Å². The summed E-state index contributed by atoms with van der Waals surface area (Å²) < 4.78 is 0. The van der Waals surface area contributed by atoms with Crippen LogP contribution < -0.4 is 0 Å². The largest absolute Gasteiger partial charge is 0.245 e. The van der Waals surface area contributed by atoms with Crippen LogP contribution in [0.1, 0.15) is 71.8 Å². The second-order valence-corrected chi connectivity index (χ2v) is 8.62. The van der Waals surface area contributed by atoms with Gasteiger partial charge in [0.05, 0.1) is 29.9 Å². The van der Waals surface area contributed by atoms with Crippen molar-refractivity contribution in [1.82, 2.24) is 9.97 Å². The van der Waals surface area contributed by atoms with Gasteiger partial charge in [0.1, 0.15) is 15.4 Å². The number of aromatic nitrogens is 2. The fourth-order valence-electron chi connectivity index (χ4n) is 2.61. The minimum Gasteiger partial charge on any atom is -0.245 e. The van der Waals surface area contributed by atoms with Gasteiger partial charge in [0, 0.05) is 22.6 Å². The topological polar surface area (TPSA) is 73.4 Å². The van der Waals surface area contributed by atoms with E-state index >= 15 is 0 Å². The van der Waals surface area contributed by atoms with Crippen LogP contribution in [0.25, 0.3) is 0 Å². The molecule has 0 spiro atoms. The molecule has 3 saturated carbocycles. The molecule has 0 bridgehead atoms. The van der Waals surface area contributed by atoms with Gasteiger partial charge in [-0.2, -0.15) is 10.5 Å². The van der Waals surface area contributed by atoms with Crippen LogP contribution in [0, 0.1) is 22.7 Å². The maximum absolute atomic E-state index is 8.99. The number of nitriles is 2. The molecule has 0 N–H and O–H groups in total. The highest BCUT2D eigenvalue weighted by Crippen LogP contribution is 2.50. The van der Waals surface area contributed by atoms with Crippen LogP contribution in [0.15, 0.2) is 10.8 Å². The average molecular weight is 355 g/mol. The average Bonchev–Trinajstić information content (AvgIpc) is 3.52. The molecule has 0 radical (unpaired) electrons. The Hall–Kier alpha value is -1.76. The van der Waals surface area contributed by atoms with Gasteiger partial charge in [0.2, 0.25) is 0 Å². The van der Waals surface area contributed by atoms with Gasteiger partial charge in [-0.25, -0.2) is 9.97 Å². The molecule has 24 heavy (non-hydrogen) atoms. The summed E-state index contributed by atoms with van der Waals surface area (Å²) in [6, 6.07) is 4.49. The molecular formula is C18H18N4S2. The van der Waals surface area contributed by atoms with Crippen LogP contribution in [0.5, 0.6) is 0 Å². The molecule has 2 heterocycles. The van der Waals surface area contributed by atoms with Crippen molar-refractivity contribution < 1.29 is 0 Å². The van der Waals surface area contributed by atoms with Crippen LogP contribution in [0.3, 0.4) is 0 Å². The van der Waals surface area contributed by atoms with E-state index in [1.165, 1.54) is 37.1 Å². The Labute approximate surface area is 149 Å². The van der Waals surface area contributed by atoms with Crippen LogP contribution >= 0.6 is 22.7 Å². The SMILES string of the molecule is N#CC1(c2nc(C3CC3)cs2)CC1.N#CCc1nc(C2CC2)cs1. The molecule has 3 aliphatic carbocycles. The first-order chi connectivity index (χ1) is 11.7. The Balaban J connectivity index is 0.000000123. The molecule has 3 aliphatic rings. The summed E-state index contributed by atoms with van der Waals surface area (Å²) in [5.41, 5.74) is 2.28. The van der Waals surface area contributed by atoms with Crippen molar-refractivity contribution in [1.29, 1.82) is 10.5 Å². The molecule has 6 heteroatoms. The third-order valence-electron chi connectivity index (χ3n) is 4.69. The summed E-state index contributed by atoms with van der Waals surface area (Å²) >= 11 is 3.29. The van der Waals surface area contributed by atoms with Crippen LogP contribution in [0.4, 0.5) is 0 Å². The molecule has 4 nitrogen and oxygen atoms in total. The normalized spacial score (nSPS) is 20.4. The smallest absolute Gasteiger partial charge is 0.113 e. The molecule has 122 valence electrons. The first-order valence-electron chi connectivity index (χ1n) is 8.42. The van der Waals surface area contributed by atoms with Crippen molar-refractivity contribution in [3.63, 3.8) is 0 Å². The van der Waals surface area contributed by atoms with E-state index in [1.54, 1.807) is 22.7 Å². The molecule has 0 unspecified atom stereocenters. The Morgan fingerprint density at radius 2 is 1.62 bits per heavy atom. The predicted molar refractivity (Wildman–Crippen MR) is 94.0 cm³/mol. The van der Waals surface area contributed by atoms with Crippen molar-refractivity contribution >= 4 is 22.7 Å². The Bertz CT molecular complexity index is 811. The Kier molecular flexibility index (Phi) is 4.12. The fourth-order valence-corrected chi connectivity index (χ4v) is 4.53. The van der Waals surface area contributed by atoms with Gasteiger partial charge in [-0.3, -0.25) is 0 Å². The lowest BCUT2D eigenvalue weighted by Gasteiger charge is -1.97. The van der Waals surface area contributed by atoms with E-state index < -0.39 is 0 Å². The summed E-state index contributed by atoms with van der Waals surface area (Å²) in [7, 11) is 0. The molecule has 2 aromatic rings. The van der Waals surface area contributed by atoms with Gasteiger partial charge in [-0.1, -0.05) is 0 Å². The molecule has 0 saturated heterocycles. The van der Waals surface area contributed by atoms with Gasteiger partial charge in [-0.05, 0) is 38.5 Å². The second-order valence-electron chi connectivity index (χ2n) is 6.82. The van der Waals surface area contributed by atoms with Gasteiger partial charge in [0.25, 0.3) is 0 Å². The van der Waals surface area contributed by atoms with E-state index in [2.05, 4.69) is 32.9 Å².